The molecule has 0 heterocycles. The van der Waals surface area contributed by atoms with Crippen molar-refractivity contribution >= 4 is 28.1 Å². The highest BCUT2D eigenvalue weighted by Gasteiger charge is 2.18. The van der Waals surface area contributed by atoms with Crippen LogP contribution in [0.15, 0.2) is 46.0 Å². The van der Waals surface area contributed by atoms with Crippen molar-refractivity contribution in [1.82, 2.24) is 5.43 Å². The largest absolute Gasteiger partial charge is 0.490 e. The number of hydrogen-bond acceptors (Lipinski definition) is 5. The first-order chi connectivity index (χ1) is 13.1. The van der Waals surface area contributed by atoms with Crippen molar-refractivity contribution in [3.8, 4) is 17.2 Å². The molecule has 1 amide bonds. The summed E-state index contributed by atoms with van der Waals surface area (Å²) in [4.78, 5) is 12.5. The molecule has 0 aromatic heterocycles. The van der Waals surface area contributed by atoms with Crippen LogP contribution in [0.5, 0.6) is 17.2 Å². The van der Waals surface area contributed by atoms with Gasteiger partial charge in [-0.2, -0.15) is 5.10 Å². The third kappa shape index (κ3) is 5.99. The van der Waals surface area contributed by atoms with Gasteiger partial charge in [-0.05, 0) is 50.6 Å². The molecule has 144 valence electrons. The number of rotatable bonds is 9. The number of ether oxygens (including phenoxy) is 3. The molecule has 0 unspecified atom stereocenters. The van der Waals surface area contributed by atoms with E-state index in [0.717, 1.165) is 10.0 Å². The van der Waals surface area contributed by atoms with E-state index >= 15 is 0 Å². The number of hydrogen-bond donors (Lipinski definition) is 1. The van der Waals surface area contributed by atoms with E-state index in [1.165, 1.54) is 0 Å². The smallest absolute Gasteiger partial charge is 0.271 e. The van der Waals surface area contributed by atoms with Crippen LogP contribution in [0.4, 0.5) is 0 Å². The standard InChI is InChI=1S/C20H23BrN2O4/c1-4-25-17-11-15(12-18(26-5-2)19(17)27-6-3)20(24)23-22-13-14-8-7-9-16(21)10-14/h7-13H,4-6H2,1-3H3,(H,23,24). The van der Waals surface area contributed by atoms with Gasteiger partial charge in [-0.1, -0.05) is 28.1 Å². The lowest BCUT2D eigenvalue weighted by Gasteiger charge is -2.16. The van der Waals surface area contributed by atoms with Crippen LogP contribution in [-0.2, 0) is 0 Å². The monoisotopic (exact) mass is 434 g/mol. The summed E-state index contributed by atoms with van der Waals surface area (Å²) in [5, 5.41) is 4.01. The predicted molar refractivity (Wildman–Crippen MR) is 109 cm³/mol. The van der Waals surface area contributed by atoms with Crippen LogP contribution < -0.4 is 19.6 Å². The first-order valence-electron chi connectivity index (χ1n) is 8.74. The van der Waals surface area contributed by atoms with Gasteiger partial charge in [0.05, 0.1) is 26.0 Å². The molecular weight excluding hydrogens is 412 g/mol. The Labute approximate surface area is 167 Å². The van der Waals surface area contributed by atoms with Crippen molar-refractivity contribution in [3.05, 3.63) is 52.0 Å². The maximum atomic E-state index is 12.5. The number of carbonyl (C=O) groups is 1. The highest BCUT2D eigenvalue weighted by atomic mass is 79.9. The maximum absolute atomic E-state index is 12.5. The molecule has 0 fully saturated rings. The first kappa shape index (κ1) is 20.8. The van der Waals surface area contributed by atoms with Crippen molar-refractivity contribution in [2.45, 2.75) is 20.8 Å². The molecule has 2 aromatic carbocycles. The van der Waals surface area contributed by atoms with Crippen LogP contribution in [0, 0.1) is 0 Å². The molecule has 27 heavy (non-hydrogen) atoms. The van der Waals surface area contributed by atoms with Crippen molar-refractivity contribution in [3.63, 3.8) is 0 Å². The molecule has 0 saturated heterocycles. The van der Waals surface area contributed by atoms with Crippen molar-refractivity contribution < 1.29 is 19.0 Å². The Morgan fingerprint density at radius 1 is 1.04 bits per heavy atom. The van der Waals surface area contributed by atoms with Gasteiger partial charge in [0.25, 0.3) is 5.91 Å². The number of nitrogens with one attached hydrogen (secondary N) is 1. The molecular formula is C20H23BrN2O4. The van der Waals surface area contributed by atoms with E-state index in [-0.39, 0.29) is 5.91 Å². The molecule has 0 aliphatic carbocycles. The van der Waals surface area contributed by atoms with Crippen LogP contribution in [0.25, 0.3) is 0 Å². The topological polar surface area (TPSA) is 69.2 Å². The third-order valence-corrected chi connectivity index (χ3v) is 3.89. The van der Waals surface area contributed by atoms with Gasteiger partial charge in [-0.25, -0.2) is 5.43 Å². The fourth-order valence-electron chi connectivity index (χ4n) is 2.34. The second-order valence-electron chi connectivity index (χ2n) is 5.35. The second kappa shape index (κ2) is 10.6. The molecule has 0 aliphatic rings. The van der Waals surface area contributed by atoms with E-state index in [9.17, 15) is 4.79 Å². The summed E-state index contributed by atoms with van der Waals surface area (Å²) in [5.41, 5.74) is 3.75. The molecule has 0 spiro atoms. The van der Waals surface area contributed by atoms with Gasteiger partial charge in [-0.3, -0.25) is 4.79 Å². The summed E-state index contributed by atoms with van der Waals surface area (Å²) in [7, 11) is 0. The molecule has 0 bridgehead atoms. The Morgan fingerprint density at radius 3 is 2.22 bits per heavy atom. The van der Waals surface area contributed by atoms with Gasteiger partial charge in [0.1, 0.15) is 0 Å². The fraction of sp³-hybridized carbons (Fsp3) is 0.300. The number of amides is 1. The van der Waals surface area contributed by atoms with E-state index in [4.69, 9.17) is 14.2 Å². The van der Waals surface area contributed by atoms with Crippen molar-refractivity contribution in [2.24, 2.45) is 5.10 Å². The molecule has 2 aromatic rings. The molecule has 1 N–H and O–H groups in total. The highest BCUT2D eigenvalue weighted by molar-refractivity contribution is 9.10. The molecule has 0 saturated carbocycles. The van der Waals surface area contributed by atoms with E-state index in [1.807, 2.05) is 45.0 Å². The molecule has 0 aliphatic heterocycles. The summed E-state index contributed by atoms with van der Waals surface area (Å²) in [5.74, 6) is 1.06. The zero-order valence-corrected chi connectivity index (χ0v) is 17.2. The first-order valence-corrected chi connectivity index (χ1v) is 9.53. The third-order valence-electron chi connectivity index (χ3n) is 3.40. The summed E-state index contributed by atoms with van der Waals surface area (Å²) in [6.07, 6.45) is 1.57. The summed E-state index contributed by atoms with van der Waals surface area (Å²) < 4.78 is 17.8. The number of hydrazone groups is 1. The Morgan fingerprint density at radius 2 is 1.67 bits per heavy atom. The lowest BCUT2D eigenvalue weighted by molar-refractivity contribution is 0.0954. The van der Waals surface area contributed by atoms with E-state index in [1.54, 1.807) is 18.3 Å². The Bertz CT molecular complexity index is 781. The molecule has 2 rings (SSSR count). The normalized spacial score (nSPS) is 10.7. The lowest BCUT2D eigenvalue weighted by Crippen LogP contribution is -2.18. The zero-order chi connectivity index (χ0) is 19.6. The maximum Gasteiger partial charge on any atom is 0.271 e. The number of nitrogens with zero attached hydrogens (tertiary/aromatic N) is 1. The minimum Gasteiger partial charge on any atom is -0.490 e. The number of carbonyl (C=O) groups excluding carboxylic acids is 1. The van der Waals surface area contributed by atoms with Crippen LogP contribution >= 0.6 is 15.9 Å². The second-order valence-corrected chi connectivity index (χ2v) is 6.27. The van der Waals surface area contributed by atoms with Crippen molar-refractivity contribution in [2.75, 3.05) is 19.8 Å². The molecule has 0 radical (unpaired) electrons. The SMILES string of the molecule is CCOc1cc(C(=O)NN=Cc2cccc(Br)c2)cc(OCC)c1OCC. The zero-order valence-electron chi connectivity index (χ0n) is 15.6. The van der Waals surface area contributed by atoms with Crippen LogP contribution in [0.2, 0.25) is 0 Å². The van der Waals surface area contributed by atoms with Gasteiger partial charge in [0.15, 0.2) is 11.5 Å². The van der Waals surface area contributed by atoms with Crippen LogP contribution in [0.1, 0.15) is 36.7 Å². The number of halogens is 1. The lowest BCUT2D eigenvalue weighted by atomic mass is 10.1. The summed E-state index contributed by atoms with van der Waals surface area (Å²) in [6, 6.07) is 10.8. The van der Waals surface area contributed by atoms with Crippen molar-refractivity contribution in [1.29, 1.82) is 0 Å². The minimum absolute atomic E-state index is 0.369. The molecule has 0 atom stereocenters. The average molecular weight is 435 g/mol. The highest BCUT2D eigenvalue weighted by Crippen LogP contribution is 2.39. The number of benzene rings is 2. The van der Waals surface area contributed by atoms with E-state index < -0.39 is 0 Å². The molecule has 6 nitrogen and oxygen atoms in total. The van der Waals surface area contributed by atoms with Gasteiger partial charge in [0, 0.05) is 10.0 Å². The minimum atomic E-state index is -0.369. The Balaban J connectivity index is 2.23. The predicted octanol–water partition coefficient (Wildman–Crippen LogP) is 4.41. The molecule has 7 heteroatoms. The van der Waals surface area contributed by atoms with Crippen LogP contribution in [-0.4, -0.2) is 31.9 Å². The van der Waals surface area contributed by atoms with Gasteiger partial charge in [-0.15, -0.1) is 0 Å². The van der Waals surface area contributed by atoms with Gasteiger partial charge >= 0.3 is 0 Å². The van der Waals surface area contributed by atoms with E-state index in [2.05, 4.69) is 26.5 Å². The quantitative estimate of drug-likeness (QED) is 0.468. The summed E-state index contributed by atoms with van der Waals surface area (Å²) in [6.45, 7) is 6.96. The fourth-order valence-corrected chi connectivity index (χ4v) is 2.75. The van der Waals surface area contributed by atoms with E-state index in [0.29, 0.717) is 42.6 Å². The Hall–Kier alpha value is -2.54. The summed E-state index contributed by atoms with van der Waals surface area (Å²) >= 11 is 3.40. The van der Waals surface area contributed by atoms with Gasteiger partial charge in [0.2, 0.25) is 5.75 Å². The Kier molecular flexibility index (Phi) is 8.13. The average Bonchev–Trinajstić information content (AvgIpc) is 2.64. The van der Waals surface area contributed by atoms with Gasteiger partial charge < -0.3 is 14.2 Å². The van der Waals surface area contributed by atoms with Crippen LogP contribution in [0.3, 0.4) is 0 Å².